The molecule has 0 atom stereocenters. The Balaban J connectivity index is 1.44. The molecule has 1 aliphatic rings. The van der Waals surface area contributed by atoms with Crippen LogP contribution in [0.3, 0.4) is 0 Å². The minimum absolute atomic E-state index is 0.190. The van der Waals surface area contributed by atoms with Crippen molar-refractivity contribution in [1.29, 1.82) is 0 Å². The van der Waals surface area contributed by atoms with Crippen LogP contribution in [0.15, 0.2) is 42.7 Å². The van der Waals surface area contributed by atoms with E-state index in [9.17, 15) is 4.79 Å². The zero-order chi connectivity index (χ0) is 16.8. The second-order valence-electron chi connectivity index (χ2n) is 5.96. The summed E-state index contributed by atoms with van der Waals surface area (Å²) in [6.45, 7) is 4.63. The summed E-state index contributed by atoms with van der Waals surface area (Å²) < 4.78 is 6.90. The topological polar surface area (TPSA) is 59.4 Å². The van der Waals surface area contributed by atoms with Crippen molar-refractivity contribution in [3.8, 4) is 5.69 Å². The maximum atomic E-state index is 11.7. The van der Waals surface area contributed by atoms with Crippen LogP contribution in [0.5, 0.6) is 0 Å². The molecule has 6 nitrogen and oxygen atoms in total. The molecule has 2 heterocycles. The van der Waals surface area contributed by atoms with E-state index in [0.29, 0.717) is 12.6 Å². The first-order valence-corrected chi connectivity index (χ1v) is 8.50. The van der Waals surface area contributed by atoms with Gasteiger partial charge in [-0.2, -0.15) is 5.10 Å². The molecule has 2 aromatic rings. The van der Waals surface area contributed by atoms with E-state index in [-0.39, 0.29) is 6.09 Å². The molecule has 1 N–H and O–H groups in total. The van der Waals surface area contributed by atoms with Crippen LogP contribution in [0.2, 0.25) is 0 Å². The summed E-state index contributed by atoms with van der Waals surface area (Å²) in [6.07, 6.45) is 5.45. The summed E-state index contributed by atoms with van der Waals surface area (Å²) in [7, 11) is 0. The molecule has 0 spiro atoms. The summed E-state index contributed by atoms with van der Waals surface area (Å²) in [5.74, 6) is 0. The highest BCUT2D eigenvalue weighted by Gasteiger charge is 2.23. The number of nitrogens with one attached hydrogen (secondary N) is 1. The van der Waals surface area contributed by atoms with Gasteiger partial charge in [-0.25, -0.2) is 9.48 Å². The summed E-state index contributed by atoms with van der Waals surface area (Å²) in [4.78, 5) is 13.5. The van der Waals surface area contributed by atoms with Gasteiger partial charge in [-0.3, -0.25) is 0 Å². The molecule has 0 unspecified atom stereocenters. The molecular formula is C18H24N4O2. The van der Waals surface area contributed by atoms with E-state index >= 15 is 0 Å². The number of ether oxygens (including phenoxy) is 1. The van der Waals surface area contributed by atoms with Crippen LogP contribution in [0, 0.1) is 0 Å². The Morgan fingerprint density at radius 3 is 2.67 bits per heavy atom. The summed E-state index contributed by atoms with van der Waals surface area (Å²) in [6, 6.07) is 10.8. The van der Waals surface area contributed by atoms with Gasteiger partial charge >= 0.3 is 6.09 Å². The van der Waals surface area contributed by atoms with E-state index in [1.807, 2.05) is 23.9 Å². The minimum Gasteiger partial charge on any atom is -0.450 e. The van der Waals surface area contributed by atoms with E-state index in [1.54, 1.807) is 11.1 Å². The lowest BCUT2D eigenvalue weighted by atomic mass is 10.0. The van der Waals surface area contributed by atoms with Crippen LogP contribution >= 0.6 is 0 Å². The Labute approximate surface area is 142 Å². The molecule has 0 bridgehead atoms. The SMILES string of the molecule is CCOC(=O)N1CCC(NCc2ccc(-n3cccn3)cc2)CC1. The Morgan fingerprint density at radius 2 is 2.04 bits per heavy atom. The third kappa shape index (κ3) is 4.14. The Bertz CT molecular complexity index is 632. The van der Waals surface area contributed by atoms with Gasteiger partial charge in [-0.1, -0.05) is 12.1 Å². The number of carbonyl (C=O) groups is 1. The quantitative estimate of drug-likeness (QED) is 0.916. The normalized spacial score (nSPS) is 15.5. The highest BCUT2D eigenvalue weighted by atomic mass is 16.6. The largest absolute Gasteiger partial charge is 0.450 e. The minimum atomic E-state index is -0.190. The van der Waals surface area contributed by atoms with Gasteiger partial charge in [0.15, 0.2) is 0 Å². The monoisotopic (exact) mass is 328 g/mol. The van der Waals surface area contributed by atoms with Gasteiger partial charge in [0.25, 0.3) is 0 Å². The molecule has 0 saturated carbocycles. The predicted molar refractivity (Wildman–Crippen MR) is 92.0 cm³/mol. The third-order valence-corrected chi connectivity index (χ3v) is 4.32. The van der Waals surface area contributed by atoms with Gasteiger partial charge in [0.05, 0.1) is 12.3 Å². The Kier molecular flexibility index (Phi) is 5.48. The first-order chi connectivity index (χ1) is 11.8. The first kappa shape index (κ1) is 16.5. The zero-order valence-electron chi connectivity index (χ0n) is 14.0. The third-order valence-electron chi connectivity index (χ3n) is 4.32. The van der Waals surface area contributed by atoms with E-state index < -0.39 is 0 Å². The standard InChI is InChI=1S/C18H24N4O2/c1-2-24-18(23)21-12-8-16(9-13-21)19-14-15-4-6-17(7-5-15)22-11-3-10-20-22/h3-7,10-11,16,19H,2,8-9,12-14H2,1H3. The summed E-state index contributed by atoms with van der Waals surface area (Å²) in [5.41, 5.74) is 2.31. The maximum Gasteiger partial charge on any atom is 0.409 e. The molecule has 1 aromatic carbocycles. The van der Waals surface area contributed by atoms with Crippen molar-refractivity contribution in [2.24, 2.45) is 0 Å². The number of nitrogens with zero attached hydrogens (tertiary/aromatic N) is 3. The molecule has 1 aliphatic heterocycles. The number of likely N-dealkylation sites (tertiary alicyclic amines) is 1. The number of piperidine rings is 1. The number of hydrogen-bond donors (Lipinski definition) is 1. The highest BCUT2D eigenvalue weighted by molar-refractivity contribution is 5.67. The average Bonchev–Trinajstić information content (AvgIpc) is 3.16. The van der Waals surface area contributed by atoms with E-state index in [1.165, 1.54) is 5.56 Å². The van der Waals surface area contributed by atoms with Crippen LogP contribution in [-0.2, 0) is 11.3 Å². The number of aromatic nitrogens is 2. The van der Waals surface area contributed by atoms with Crippen molar-refractivity contribution in [1.82, 2.24) is 20.0 Å². The molecule has 3 rings (SSSR count). The van der Waals surface area contributed by atoms with Crippen molar-refractivity contribution < 1.29 is 9.53 Å². The van der Waals surface area contributed by atoms with Crippen LogP contribution in [0.1, 0.15) is 25.3 Å². The van der Waals surface area contributed by atoms with Crippen LogP contribution in [0.25, 0.3) is 5.69 Å². The van der Waals surface area contributed by atoms with E-state index in [4.69, 9.17) is 4.74 Å². The molecule has 128 valence electrons. The summed E-state index contributed by atoms with van der Waals surface area (Å²) >= 11 is 0. The molecule has 0 aliphatic carbocycles. The van der Waals surface area contributed by atoms with Gasteiger partial charge in [0.2, 0.25) is 0 Å². The second kappa shape index (κ2) is 7.97. The van der Waals surface area contributed by atoms with Gasteiger partial charge < -0.3 is 15.0 Å². The van der Waals surface area contributed by atoms with Crippen LogP contribution in [0.4, 0.5) is 4.79 Å². The Hall–Kier alpha value is -2.34. The van der Waals surface area contributed by atoms with Crippen molar-refractivity contribution in [3.63, 3.8) is 0 Å². The second-order valence-corrected chi connectivity index (χ2v) is 5.96. The zero-order valence-corrected chi connectivity index (χ0v) is 14.0. The molecule has 0 radical (unpaired) electrons. The molecule has 6 heteroatoms. The van der Waals surface area contributed by atoms with Crippen molar-refractivity contribution in [3.05, 3.63) is 48.3 Å². The molecule has 24 heavy (non-hydrogen) atoms. The fraction of sp³-hybridized carbons (Fsp3) is 0.444. The number of benzene rings is 1. The van der Waals surface area contributed by atoms with Gasteiger partial charge in [-0.05, 0) is 43.5 Å². The molecule has 1 amide bonds. The van der Waals surface area contributed by atoms with Crippen molar-refractivity contribution >= 4 is 6.09 Å². The fourth-order valence-corrected chi connectivity index (χ4v) is 2.93. The highest BCUT2D eigenvalue weighted by Crippen LogP contribution is 2.13. The summed E-state index contributed by atoms with van der Waals surface area (Å²) in [5, 5.41) is 7.81. The lowest BCUT2D eigenvalue weighted by molar-refractivity contribution is 0.0950. The van der Waals surface area contributed by atoms with Crippen LogP contribution in [-0.4, -0.2) is 46.5 Å². The van der Waals surface area contributed by atoms with Crippen LogP contribution < -0.4 is 5.32 Å². The van der Waals surface area contributed by atoms with Crippen molar-refractivity contribution in [2.75, 3.05) is 19.7 Å². The molecule has 1 saturated heterocycles. The fourth-order valence-electron chi connectivity index (χ4n) is 2.93. The Morgan fingerprint density at radius 1 is 1.29 bits per heavy atom. The number of amides is 1. The maximum absolute atomic E-state index is 11.7. The van der Waals surface area contributed by atoms with Gasteiger partial charge in [0, 0.05) is 38.1 Å². The molecule has 1 fully saturated rings. The van der Waals surface area contributed by atoms with Gasteiger partial charge in [-0.15, -0.1) is 0 Å². The molecular weight excluding hydrogens is 304 g/mol. The first-order valence-electron chi connectivity index (χ1n) is 8.50. The average molecular weight is 328 g/mol. The number of carbonyl (C=O) groups excluding carboxylic acids is 1. The van der Waals surface area contributed by atoms with Crippen molar-refractivity contribution in [2.45, 2.75) is 32.4 Å². The lowest BCUT2D eigenvalue weighted by Gasteiger charge is -2.31. The van der Waals surface area contributed by atoms with E-state index in [2.05, 4.69) is 34.7 Å². The lowest BCUT2D eigenvalue weighted by Crippen LogP contribution is -2.44. The number of rotatable bonds is 5. The smallest absolute Gasteiger partial charge is 0.409 e. The number of hydrogen-bond acceptors (Lipinski definition) is 4. The predicted octanol–water partition coefficient (Wildman–Crippen LogP) is 2.58. The van der Waals surface area contributed by atoms with Gasteiger partial charge in [0.1, 0.15) is 0 Å². The van der Waals surface area contributed by atoms with E-state index in [0.717, 1.165) is 38.2 Å². The molecule has 1 aromatic heterocycles.